The van der Waals surface area contributed by atoms with Crippen molar-refractivity contribution in [2.24, 2.45) is 0 Å². The summed E-state index contributed by atoms with van der Waals surface area (Å²) in [7, 11) is 0. The summed E-state index contributed by atoms with van der Waals surface area (Å²) in [5.74, 6) is -2.42. The minimum atomic E-state index is -0.939. The van der Waals surface area contributed by atoms with Crippen LogP contribution in [0.2, 0.25) is 0 Å². The van der Waals surface area contributed by atoms with Gasteiger partial charge in [-0.3, -0.25) is 4.79 Å². The highest BCUT2D eigenvalue weighted by atomic mass is 35.5. The van der Waals surface area contributed by atoms with Crippen LogP contribution < -0.4 is 0 Å². The van der Waals surface area contributed by atoms with Gasteiger partial charge in [0.2, 0.25) is 5.91 Å². The summed E-state index contributed by atoms with van der Waals surface area (Å²) in [4.78, 5) is 13.6. The standard InChI is InChI=1S/C15H15ClF2N4O/c16-8-13(23)21(9-11-2-1-3-12(17)14(11)18)10-15(4-5-15)22-7-6-19-20-22/h1-3,6-7H,4-5,8-10H2. The van der Waals surface area contributed by atoms with E-state index in [-0.39, 0.29) is 29.4 Å². The normalized spacial score (nSPS) is 15.4. The number of hydrogen-bond acceptors (Lipinski definition) is 3. The van der Waals surface area contributed by atoms with Crippen LogP contribution in [0.4, 0.5) is 8.78 Å². The first-order valence-corrected chi connectivity index (χ1v) is 7.73. The van der Waals surface area contributed by atoms with Gasteiger partial charge in [-0.25, -0.2) is 13.5 Å². The molecule has 122 valence electrons. The molecule has 1 aliphatic carbocycles. The number of nitrogens with zero attached hydrogens (tertiary/aromatic N) is 4. The van der Waals surface area contributed by atoms with E-state index in [0.29, 0.717) is 6.54 Å². The number of rotatable bonds is 6. The van der Waals surface area contributed by atoms with Gasteiger partial charge in [0.1, 0.15) is 5.88 Å². The number of amides is 1. The molecule has 0 radical (unpaired) electrons. The Bertz CT molecular complexity index is 704. The van der Waals surface area contributed by atoms with Crippen molar-refractivity contribution in [3.63, 3.8) is 0 Å². The van der Waals surface area contributed by atoms with E-state index in [9.17, 15) is 13.6 Å². The molecule has 1 aromatic heterocycles. The van der Waals surface area contributed by atoms with Gasteiger partial charge in [0.25, 0.3) is 0 Å². The molecule has 0 unspecified atom stereocenters. The molecule has 1 aromatic carbocycles. The summed E-state index contributed by atoms with van der Waals surface area (Å²) in [5.41, 5.74) is -0.208. The van der Waals surface area contributed by atoms with E-state index in [4.69, 9.17) is 11.6 Å². The van der Waals surface area contributed by atoms with Gasteiger partial charge in [-0.2, -0.15) is 0 Å². The SMILES string of the molecule is O=C(CCl)N(Cc1cccc(F)c1F)CC1(n2ccnn2)CC1. The van der Waals surface area contributed by atoms with Crippen LogP contribution in [0.15, 0.2) is 30.6 Å². The van der Waals surface area contributed by atoms with Crippen molar-refractivity contribution in [1.82, 2.24) is 19.9 Å². The minimum absolute atomic E-state index is 0.0361. The summed E-state index contributed by atoms with van der Waals surface area (Å²) in [5, 5.41) is 7.77. The highest BCUT2D eigenvalue weighted by molar-refractivity contribution is 6.27. The third-order valence-electron chi connectivity index (χ3n) is 4.08. The molecule has 0 atom stereocenters. The van der Waals surface area contributed by atoms with Crippen LogP contribution in [0.3, 0.4) is 0 Å². The van der Waals surface area contributed by atoms with Crippen LogP contribution >= 0.6 is 11.6 Å². The molecule has 1 fully saturated rings. The zero-order valence-electron chi connectivity index (χ0n) is 12.3. The molecule has 1 heterocycles. The van der Waals surface area contributed by atoms with Crippen molar-refractivity contribution < 1.29 is 13.6 Å². The summed E-state index contributed by atoms with van der Waals surface area (Å²) in [6.07, 6.45) is 4.99. The molecular formula is C15H15ClF2N4O. The Morgan fingerprint density at radius 2 is 2.17 bits per heavy atom. The smallest absolute Gasteiger partial charge is 0.237 e. The lowest BCUT2D eigenvalue weighted by Crippen LogP contribution is -2.40. The summed E-state index contributed by atoms with van der Waals surface area (Å²) >= 11 is 5.66. The van der Waals surface area contributed by atoms with Crippen molar-refractivity contribution in [3.8, 4) is 0 Å². The largest absolute Gasteiger partial charge is 0.335 e. The molecule has 0 aliphatic heterocycles. The van der Waals surface area contributed by atoms with E-state index in [2.05, 4.69) is 10.3 Å². The van der Waals surface area contributed by atoms with Gasteiger partial charge in [0.15, 0.2) is 11.6 Å². The molecule has 5 nitrogen and oxygen atoms in total. The first kappa shape index (κ1) is 15.9. The topological polar surface area (TPSA) is 51.0 Å². The number of benzene rings is 1. The van der Waals surface area contributed by atoms with Crippen LogP contribution in [0.25, 0.3) is 0 Å². The second kappa shape index (κ2) is 6.23. The summed E-state index contributed by atoms with van der Waals surface area (Å²) < 4.78 is 28.9. The molecule has 1 saturated carbocycles. The molecule has 0 spiro atoms. The fraction of sp³-hybridized carbons (Fsp3) is 0.400. The van der Waals surface area contributed by atoms with E-state index in [0.717, 1.165) is 18.9 Å². The highest BCUT2D eigenvalue weighted by Crippen LogP contribution is 2.43. The molecule has 0 saturated heterocycles. The van der Waals surface area contributed by atoms with Crippen LogP contribution in [0.5, 0.6) is 0 Å². The Morgan fingerprint density at radius 1 is 1.39 bits per heavy atom. The zero-order chi connectivity index (χ0) is 16.4. The number of aromatic nitrogens is 3. The predicted molar refractivity (Wildman–Crippen MR) is 79.7 cm³/mol. The molecule has 0 bridgehead atoms. The van der Waals surface area contributed by atoms with Crippen molar-refractivity contribution in [2.45, 2.75) is 24.9 Å². The van der Waals surface area contributed by atoms with Gasteiger partial charge in [0.05, 0.1) is 11.7 Å². The lowest BCUT2D eigenvalue weighted by molar-refractivity contribution is -0.130. The number of carbonyl (C=O) groups excluding carboxylic acids is 1. The van der Waals surface area contributed by atoms with E-state index < -0.39 is 11.6 Å². The van der Waals surface area contributed by atoms with E-state index in [1.54, 1.807) is 17.1 Å². The average molecular weight is 341 g/mol. The predicted octanol–water partition coefficient (Wildman–Crippen LogP) is 2.31. The first-order valence-electron chi connectivity index (χ1n) is 7.19. The van der Waals surface area contributed by atoms with E-state index in [1.807, 2.05) is 0 Å². The van der Waals surface area contributed by atoms with E-state index >= 15 is 0 Å². The minimum Gasteiger partial charge on any atom is -0.335 e. The van der Waals surface area contributed by atoms with E-state index in [1.165, 1.54) is 17.0 Å². The van der Waals surface area contributed by atoms with Crippen molar-refractivity contribution in [1.29, 1.82) is 0 Å². The maximum atomic E-state index is 13.9. The average Bonchev–Trinajstić information content (AvgIpc) is 3.11. The summed E-state index contributed by atoms with van der Waals surface area (Å²) in [6.45, 7) is 0.295. The van der Waals surface area contributed by atoms with Gasteiger partial charge >= 0.3 is 0 Å². The maximum absolute atomic E-state index is 13.9. The Morgan fingerprint density at radius 3 is 2.78 bits per heavy atom. The third kappa shape index (κ3) is 3.19. The Balaban J connectivity index is 1.82. The van der Waals surface area contributed by atoms with Gasteiger partial charge in [0, 0.05) is 24.8 Å². The Hall–Kier alpha value is -2.02. The fourth-order valence-corrected chi connectivity index (χ4v) is 2.78. The Labute approximate surface area is 136 Å². The molecule has 2 aromatic rings. The molecule has 0 N–H and O–H groups in total. The fourth-order valence-electron chi connectivity index (χ4n) is 2.61. The van der Waals surface area contributed by atoms with Gasteiger partial charge in [-0.15, -0.1) is 16.7 Å². The molecule has 8 heteroatoms. The van der Waals surface area contributed by atoms with Gasteiger partial charge in [-0.05, 0) is 18.9 Å². The van der Waals surface area contributed by atoms with Gasteiger partial charge in [-0.1, -0.05) is 17.3 Å². The van der Waals surface area contributed by atoms with Crippen LogP contribution in [-0.2, 0) is 16.9 Å². The van der Waals surface area contributed by atoms with Gasteiger partial charge < -0.3 is 4.90 Å². The van der Waals surface area contributed by atoms with Crippen molar-refractivity contribution in [3.05, 3.63) is 47.8 Å². The van der Waals surface area contributed by atoms with Crippen LogP contribution in [0.1, 0.15) is 18.4 Å². The van der Waals surface area contributed by atoms with Crippen molar-refractivity contribution >= 4 is 17.5 Å². The lowest BCUT2D eigenvalue weighted by atomic mass is 10.1. The molecule has 1 amide bonds. The first-order chi connectivity index (χ1) is 11.1. The monoisotopic (exact) mass is 340 g/mol. The quantitative estimate of drug-likeness (QED) is 0.758. The zero-order valence-corrected chi connectivity index (χ0v) is 13.0. The lowest BCUT2D eigenvalue weighted by Gasteiger charge is -2.27. The highest BCUT2D eigenvalue weighted by Gasteiger charge is 2.47. The molecule has 3 rings (SSSR count). The molecule has 23 heavy (non-hydrogen) atoms. The van der Waals surface area contributed by atoms with Crippen LogP contribution in [0, 0.1) is 11.6 Å². The number of hydrogen-bond donors (Lipinski definition) is 0. The Kier molecular flexibility index (Phi) is 4.30. The number of alkyl halides is 1. The van der Waals surface area contributed by atoms with Crippen LogP contribution in [-0.4, -0.2) is 38.2 Å². The maximum Gasteiger partial charge on any atom is 0.237 e. The second-order valence-electron chi connectivity index (χ2n) is 5.67. The van der Waals surface area contributed by atoms with Crippen molar-refractivity contribution in [2.75, 3.05) is 12.4 Å². The molecule has 1 aliphatic rings. The third-order valence-corrected chi connectivity index (χ3v) is 4.31. The molecular weight excluding hydrogens is 326 g/mol. The number of carbonyl (C=O) groups is 1. The second-order valence-corrected chi connectivity index (χ2v) is 5.94. The number of halogens is 3. The summed E-state index contributed by atoms with van der Waals surface area (Å²) in [6, 6.07) is 3.92.